The average molecular weight is 189 g/mol. The molecule has 0 saturated heterocycles. The number of hydrogen-bond acceptors (Lipinski definition) is 2. The van der Waals surface area contributed by atoms with Crippen LogP contribution in [0.4, 0.5) is 0 Å². The van der Waals surface area contributed by atoms with E-state index in [0.717, 1.165) is 5.56 Å². The normalized spacial score (nSPS) is 13.0. The van der Waals surface area contributed by atoms with Gasteiger partial charge in [-0.2, -0.15) is 0 Å². The van der Waals surface area contributed by atoms with E-state index in [9.17, 15) is 4.79 Å². The third kappa shape index (κ3) is 3.15. The summed E-state index contributed by atoms with van der Waals surface area (Å²) in [5.74, 6) is -0.0173. The fourth-order valence-corrected chi connectivity index (χ4v) is 1.26. The second-order valence-corrected chi connectivity index (χ2v) is 3.20. The first-order chi connectivity index (χ1) is 6.74. The second kappa shape index (κ2) is 5.35. The van der Waals surface area contributed by atoms with Crippen LogP contribution < -0.4 is 5.73 Å². The van der Waals surface area contributed by atoms with Gasteiger partial charge in [-0.3, -0.25) is 4.79 Å². The molecule has 0 radical (unpaired) electrons. The van der Waals surface area contributed by atoms with E-state index in [0.29, 0.717) is 6.42 Å². The highest BCUT2D eigenvalue weighted by Crippen LogP contribution is 2.02. The Hall–Kier alpha value is -1.41. The minimum absolute atomic E-state index is 0.0173. The number of nitrogens with two attached hydrogens (primary N) is 1. The first kappa shape index (κ1) is 10.7. The van der Waals surface area contributed by atoms with Gasteiger partial charge < -0.3 is 5.73 Å². The van der Waals surface area contributed by atoms with Crippen molar-refractivity contribution in [3.8, 4) is 0 Å². The molecule has 2 heteroatoms. The van der Waals surface area contributed by atoms with Gasteiger partial charge in [0.1, 0.15) is 0 Å². The van der Waals surface area contributed by atoms with Crippen LogP contribution in [0.1, 0.15) is 12.5 Å². The van der Waals surface area contributed by atoms with Gasteiger partial charge in [-0.15, -0.1) is 0 Å². The fourth-order valence-electron chi connectivity index (χ4n) is 1.26. The molecule has 74 valence electrons. The average Bonchev–Trinajstić information content (AvgIpc) is 2.19. The lowest BCUT2D eigenvalue weighted by Crippen LogP contribution is -2.31. The van der Waals surface area contributed by atoms with Gasteiger partial charge in [-0.05, 0) is 25.0 Å². The van der Waals surface area contributed by atoms with Crippen molar-refractivity contribution in [3.63, 3.8) is 0 Å². The summed E-state index contributed by atoms with van der Waals surface area (Å²) < 4.78 is 0. The Kier molecular flexibility index (Phi) is 4.08. The molecule has 1 aromatic carbocycles. The Morgan fingerprint density at radius 2 is 2.07 bits per heavy atom. The van der Waals surface area contributed by atoms with Crippen LogP contribution in [0.3, 0.4) is 0 Å². The van der Waals surface area contributed by atoms with Crippen LogP contribution >= 0.6 is 0 Å². The molecule has 0 aliphatic rings. The number of hydrogen-bond donors (Lipinski definition) is 1. The standard InChI is InChI=1S/C12H15NO/c1-2-6-12(14)11(13)9-10-7-4-3-5-8-10/h2-8,11H,9,13H2,1H3/t11-/m0/s1. The fraction of sp³-hybridized carbons (Fsp3) is 0.250. The quantitative estimate of drug-likeness (QED) is 0.732. The molecular formula is C12H15NO. The van der Waals surface area contributed by atoms with Crippen LogP contribution in [-0.2, 0) is 11.2 Å². The predicted molar refractivity (Wildman–Crippen MR) is 57.9 cm³/mol. The minimum atomic E-state index is -0.423. The zero-order chi connectivity index (χ0) is 10.4. The molecule has 0 amide bonds. The van der Waals surface area contributed by atoms with Crippen LogP contribution in [0.5, 0.6) is 0 Å². The molecule has 0 saturated carbocycles. The Labute approximate surface area is 84.4 Å². The molecular weight excluding hydrogens is 174 g/mol. The molecule has 0 heterocycles. The number of benzene rings is 1. The number of ketones is 1. The van der Waals surface area contributed by atoms with Gasteiger partial charge in [0.25, 0.3) is 0 Å². The van der Waals surface area contributed by atoms with Gasteiger partial charge in [0.15, 0.2) is 5.78 Å². The van der Waals surface area contributed by atoms with Crippen molar-refractivity contribution < 1.29 is 4.79 Å². The zero-order valence-electron chi connectivity index (χ0n) is 8.31. The highest BCUT2D eigenvalue weighted by molar-refractivity contribution is 5.94. The molecule has 0 bridgehead atoms. The van der Waals surface area contributed by atoms with E-state index < -0.39 is 6.04 Å². The largest absolute Gasteiger partial charge is 0.321 e. The van der Waals surface area contributed by atoms with Gasteiger partial charge in [0, 0.05) is 0 Å². The molecule has 1 atom stereocenters. The monoisotopic (exact) mass is 189 g/mol. The Morgan fingerprint density at radius 3 is 2.64 bits per heavy atom. The number of rotatable bonds is 4. The second-order valence-electron chi connectivity index (χ2n) is 3.20. The van der Waals surface area contributed by atoms with Gasteiger partial charge in [0.2, 0.25) is 0 Å². The predicted octanol–water partition coefficient (Wildman–Crippen LogP) is 1.70. The zero-order valence-corrected chi connectivity index (χ0v) is 8.31. The summed E-state index contributed by atoms with van der Waals surface area (Å²) in [6.45, 7) is 1.81. The Bertz CT molecular complexity index is 316. The van der Waals surface area contributed by atoms with Crippen molar-refractivity contribution >= 4 is 5.78 Å². The SMILES string of the molecule is CC=CC(=O)[C@@H](N)Cc1ccccc1. The molecule has 14 heavy (non-hydrogen) atoms. The van der Waals surface area contributed by atoms with Crippen molar-refractivity contribution in [1.29, 1.82) is 0 Å². The molecule has 1 aromatic rings. The lowest BCUT2D eigenvalue weighted by atomic mass is 10.0. The van der Waals surface area contributed by atoms with E-state index in [1.807, 2.05) is 37.3 Å². The molecule has 0 aliphatic carbocycles. The van der Waals surface area contributed by atoms with Gasteiger partial charge >= 0.3 is 0 Å². The summed E-state index contributed by atoms with van der Waals surface area (Å²) in [7, 11) is 0. The Morgan fingerprint density at radius 1 is 1.43 bits per heavy atom. The van der Waals surface area contributed by atoms with E-state index >= 15 is 0 Å². The highest BCUT2D eigenvalue weighted by Gasteiger charge is 2.09. The number of carbonyl (C=O) groups excluding carboxylic acids is 1. The van der Waals surface area contributed by atoms with Crippen LogP contribution in [0.25, 0.3) is 0 Å². The molecule has 2 N–H and O–H groups in total. The van der Waals surface area contributed by atoms with E-state index in [1.54, 1.807) is 6.08 Å². The summed E-state index contributed by atoms with van der Waals surface area (Å²) in [5, 5.41) is 0. The molecule has 0 unspecified atom stereocenters. The third-order valence-corrected chi connectivity index (χ3v) is 1.99. The van der Waals surface area contributed by atoms with Crippen LogP contribution in [0, 0.1) is 0 Å². The molecule has 1 rings (SSSR count). The van der Waals surface area contributed by atoms with Crippen molar-refractivity contribution in [2.24, 2.45) is 5.73 Å². The van der Waals surface area contributed by atoms with Crippen LogP contribution in [0.15, 0.2) is 42.5 Å². The highest BCUT2D eigenvalue weighted by atomic mass is 16.1. The summed E-state index contributed by atoms with van der Waals surface area (Å²) in [4.78, 5) is 11.3. The van der Waals surface area contributed by atoms with E-state index in [4.69, 9.17) is 5.73 Å². The van der Waals surface area contributed by atoms with Gasteiger partial charge in [0.05, 0.1) is 6.04 Å². The van der Waals surface area contributed by atoms with Crippen molar-refractivity contribution in [3.05, 3.63) is 48.0 Å². The maximum absolute atomic E-state index is 11.3. The lowest BCUT2D eigenvalue weighted by molar-refractivity contribution is -0.115. The lowest BCUT2D eigenvalue weighted by Gasteiger charge is -2.07. The number of allylic oxidation sites excluding steroid dienone is 1. The van der Waals surface area contributed by atoms with Crippen molar-refractivity contribution in [1.82, 2.24) is 0 Å². The molecule has 0 aliphatic heterocycles. The van der Waals surface area contributed by atoms with Gasteiger partial charge in [-0.1, -0.05) is 36.4 Å². The first-order valence-electron chi connectivity index (χ1n) is 4.70. The van der Waals surface area contributed by atoms with Gasteiger partial charge in [-0.25, -0.2) is 0 Å². The molecule has 0 aromatic heterocycles. The molecule has 0 spiro atoms. The van der Waals surface area contributed by atoms with Crippen molar-refractivity contribution in [2.75, 3.05) is 0 Å². The van der Waals surface area contributed by atoms with E-state index in [2.05, 4.69) is 0 Å². The van der Waals surface area contributed by atoms with E-state index in [1.165, 1.54) is 6.08 Å². The Balaban J connectivity index is 2.57. The van der Waals surface area contributed by atoms with Crippen molar-refractivity contribution in [2.45, 2.75) is 19.4 Å². The minimum Gasteiger partial charge on any atom is -0.321 e. The topological polar surface area (TPSA) is 43.1 Å². The maximum Gasteiger partial charge on any atom is 0.172 e. The summed E-state index contributed by atoms with van der Waals surface area (Å²) in [6.07, 6.45) is 3.84. The molecule has 2 nitrogen and oxygen atoms in total. The summed E-state index contributed by atoms with van der Waals surface area (Å²) in [6, 6.07) is 9.37. The van der Waals surface area contributed by atoms with E-state index in [-0.39, 0.29) is 5.78 Å². The smallest absolute Gasteiger partial charge is 0.172 e. The third-order valence-electron chi connectivity index (χ3n) is 1.99. The van der Waals surface area contributed by atoms with Crippen LogP contribution in [-0.4, -0.2) is 11.8 Å². The molecule has 0 fully saturated rings. The first-order valence-corrected chi connectivity index (χ1v) is 4.70. The van der Waals surface area contributed by atoms with Crippen LogP contribution in [0.2, 0.25) is 0 Å². The summed E-state index contributed by atoms with van der Waals surface area (Å²) in [5.41, 5.74) is 6.83. The number of carbonyl (C=O) groups is 1. The summed E-state index contributed by atoms with van der Waals surface area (Å²) >= 11 is 0. The maximum atomic E-state index is 11.3.